The highest BCUT2D eigenvalue weighted by Gasteiger charge is 2.05. The minimum Gasteiger partial charge on any atom is -0.383 e. The molecular weight excluding hydrogens is 198 g/mol. The Morgan fingerprint density at radius 1 is 1.19 bits per heavy atom. The molecule has 2 heteroatoms. The first-order valence-corrected chi connectivity index (χ1v) is 6.02. The molecule has 1 unspecified atom stereocenters. The molecule has 0 aromatic heterocycles. The van der Waals surface area contributed by atoms with Crippen molar-refractivity contribution in [3.05, 3.63) is 29.8 Å². The van der Waals surface area contributed by atoms with Crippen molar-refractivity contribution in [2.75, 3.05) is 19.0 Å². The summed E-state index contributed by atoms with van der Waals surface area (Å²) >= 11 is 0. The maximum Gasteiger partial charge on any atom is 0.0663 e. The van der Waals surface area contributed by atoms with Crippen LogP contribution in [0.4, 0.5) is 5.69 Å². The van der Waals surface area contributed by atoms with E-state index in [4.69, 9.17) is 4.74 Å². The lowest BCUT2D eigenvalue weighted by atomic mass is 10.0. The zero-order valence-corrected chi connectivity index (χ0v) is 10.8. The molecule has 0 aliphatic carbocycles. The molecule has 0 saturated heterocycles. The third-order valence-electron chi connectivity index (χ3n) is 2.81. The van der Waals surface area contributed by atoms with Gasteiger partial charge in [0.15, 0.2) is 0 Å². The van der Waals surface area contributed by atoms with Crippen molar-refractivity contribution in [2.45, 2.75) is 39.2 Å². The van der Waals surface area contributed by atoms with Gasteiger partial charge in [-0.15, -0.1) is 0 Å². The molecule has 16 heavy (non-hydrogen) atoms. The predicted octanol–water partition coefficient (Wildman–Crippen LogP) is 3.65. The molecule has 0 bridgehead atoms. The van der Waals surface area contributed by atoms with Crippen molar-refractivity contribution in [1.29, 1.82) is 0 Å². The normalized spacial score (nSPS) is 12.8. The Morgan fingerprint density at radius 3 is 2.25 bits per heavy atom. The summed E-state index contributed by atoms with van der Waals surface area (Å²) in [7, 11) is 1.74. The van der Waals surface area contributed by atoms with Crippen LogP contribution in [0.2, 0.25) is 0 Å². The monoisotopic (exact) mass is 221 g/mol. The minimum atomic E-state index is 0.398. The topological polar surface area (TPSA) is 21.3 Å². The van der Waals surface area contributed by atoms with Gasteiger partial charge in [-0.1, -0.05) is 32.9 Å². The fourth-order valence-electron chi connectivity index (χ4n) is 1.66. The number of rotatable bonds is 6. The fraction of sp³-hybridized carbons (Fsp3) is 0.571. The van der Waals surface area contributed by atoms with Gasteiger partial charge in [-0.05, 0) is 30.0 Å². The third-order valence-corrected chi connectivity index (χ3v) is 2.81. The Hall–Kier alpha value is -1.02. The SMILES string of the molecule is CCC(COC)Nc1ccc(C(C)C)cc1. The Balaban J connectivity index is 2.60. The van der Waals surface area contributed by atoms with Crippen LogP contribution < -0.4 is 5.32 Å². The highest BCUT2D eigenvalue weighted by molar-refractivity contribution is 5.45. The molecular formula is C14H23NO. The number of ether oxygens (including phenoxy) is 1. The molecule has 0 aliphatic heterocycles. The zero-order valence-electron chi connectivity index (χ0n) is 10.8. The largest absolute Gasteiger partial charge is 0.383 e. The summed E-state index contributed by atoms with van der Waals surface area (Å²) in [5.74, 6) is 0.593. The highest BCUT2D eigenvalue weighted by atomic mass is 16.5. The lowest BCUT2D eigenvalue weighted by Gasteiger charge is -2.17. The van der Waals surface area contributed by atoms with Crippen LogP contribution in [0, 0.1) is 0 Å². The summed E-state index contributed by atoms with van der Waals surface area (Å²) in [6, 6.07) is 9.07. The van der Waals surface area contributed by atoms with Crippen LogP contribution in [0.1, 0.15) is 38.7 Å². The summed E-state index contributed by atoms with van der Waals surface area (Å²) in [5.41, 5.74) is 2.55. The molecule has 2 nitrogen and oxygen atoms in total. The number of hydrogen-bond donors (Lipinski definition) is 1. The van der Waals surface area contributed by atoms with E-state index >= 15 is 0 Å². The van der Waals surface area contributed by atoms with Gasteiger partial charge in [0.2, 0.25) is 0 Å². The van der Waals surface area contributed by atoms with Gasteiger partial charge in [0.25, 0.3) is 0 Å². The van der Waals surface area contributed by atoms with E-state index in [9.17, 15) is 0 Å². The van der Waals surface area contributed by atoms with Crippen molar-refractivity contribution < 1.29 is 4.74 Å². The molecule has 0 radical (unpaired) electrons. The fourth-order valence-corrected chi connectivity index (χ4v) is 1.66. The molecule has 0 aliphatic rings. The number of methoxy groups -OCH3 is 1. The number of hydrogen-bond acceptors (Lipinski definition) is 2. The van der Waals surface area contributed by atoms with E-state index in [1.807, 2.05) is 0 Å². The molecule has 0 saturated carbocycles. The minimum absolute atomic E-state index is 0.398. The average molecular weight is 221 g/mol. The van der Waals surface area contributed by atoms with Crippen LogP contribution in [0.3, 0.4) is 0 Å². The Labute approximate surface area is 99.0 Å². The summed E-state index contributed by atoms with van der Waals surface area (Å²) < 4.78 is 5.17. The van der Waals surface area contributed by atoms with Crippen molar-refractivity contribution in [3.8, 4) is 0 Å². The second kappa shape index (κ2) is 6.54. The molecule has 0 amide bonds. The number of anilines is 1. The van der Waals surface area contributed by atoms with Crippen LogP contribution in [0.25, 0.3) is 0 Å². The zero-order chi connectivity index (χ0) is 12.0. The average Bonchev–Trinajstić information content (AvgIpc) is 2.29. The van der Waals surface area contributed by atoms with Crippen molar-refractivity contribution in [1.82, 2.24) is 0 Å². The van der Waals surface area contributed by atoms with E-state index in [0.717, 1.165) is 13.0 Å². The van der Waals surface area contributed by atoms with Gasteiger partial charge in [-0.2, -0.15) is 0 Å². The number of nitrogens with one attached hydrogen (secondary N) is 1. The Bertz CT molecular complexity index is 292. The van der Waals surface area contributed by atoms with Gasteiger partial charge in [0.1, 0.15) is 0 Å². The van der Waals surface area contributed by atoms with Crippen LogP contribution >= 0.6 is 0 Å². The molecule has 0 heterocycles. The van der Waals surface area contributed by atoms with E-state index in [1.54, 1.807) is 7.11 Å². The van der Waals surface area contributed by atoms with Crippen molar-refractivity contribution in [3.63, 3.8) is 0 Å². The second-order valence-corrected chi connectivity index (χ2v) is 4.48. The first-order chi connectivity index (χ1) is 7.67. The van der Waals surface area contributed by atoms with Gasteiger partial charge in [-0.3, -0.25) is 0 Å². The molecule has 1 rings (SSSR count). The standard InChI is InChI=1S/C14H23NO/c1-5-13(10-16-4)15-14-8-6-12(7-9-14)11(2)3/h6-9,11,13,15H,5,10H2,1-4H3. The van der Waals surface area contributed by atoms with Crippen molar-refractivity contribution >= 4 is 5.69 Å². The predicted molar refractivity (Wildman–Crippen MR) is 70.1 cm³/mol. The van der Waals surface area contributed by atoms with E-state index in [1.165, 1.54) is 11.3 Å². The summed E-state index contributed by atoms with van der Waals surface area (Å²) in [4.78, 5) is 0. The summed E-state index contributed by atoms with van der Waals surface area (Å²) in [6.45, 7) is 7.34. The van der Waals surface area contributed by atoms with Gasteiger partial charge >= 0.3 is 0 Å². The maximum atomic E-state index is 5.17. The van der Waals surface area contributed by atoms with E-state index in [0.29, 0.717) is 12.0 Å². The molecule has 1 atom stereocenters. The maximum absolute atomic E-state index is 5.17. The summed E-state index contributed by atoms with van der Waals surface area (Å²) in [5, 5.41) is 3.47. The van der Waals surface area contributed by atoms with Gasteiger partial charge in [-0.25, -0.2) is 0 Å². The Morgan fingerprint density at radius 2 is 1.81 bits per heavy atom. The molecule has 1 aromatic carbocycles. The molecule has 90 valence electrons. The van der Waals surface area contributed by atoms with Gasteiger partial charge in [0.05, 0.1) is 6.61 Å². The third kappa shape index (κ3) is 3.86. The Kier molecular flexibility index (Phi) is 5.33. The smallest absolute Gasteiger partial charge is 0.0663 e. The van der Waals surface area contributed by atoms with E-state index in [-0.39, 0.29) is 0 Å². The summed E-state index contributed by atoms with van der Waals surface area (Å²) in [6.07, 6.45) is 1.07. The molecule has 0 spiro atoms. The quantitative estimate of drug-likeness (QED) is 0.791. The molecule has 1 N–H and O–H groups in total. The second-order valence-electron chi connectivity index (χ2n) is 4.48. The number of benzene rings is 1. The molecule has 0 fully saturated rings. The van der Waals surface area contributed by atoms with Gasteiger partial charge in [0, 0.05) is 18.8 Å². The van der Waals surface area contributed by atoms with Crippen LogP contribution in [-0.4, -0.2) is 19.8 Å². The highest BCUT2D eigenvalue weighted by Crippen LogP contribution is 2.18. The van der Waals surface area contributed by atoms with Crippen molar-refractivity contribution in [2.24, 2.45) is 0 Å². The van der Waals surface area contributed by atoms with Crippen LogP contribution in [0.5, 0.6) is 0 Å². The lowest BCUT2D eigenvalue weighted by molar-refractivity contribution is 0.184. The molecule has 1 aromatic rings. The van der Waals surface area contributed by atoms with Crippen LogP contribution in [-0.2, 0) is 4.74 Å². The first kappa shape index (κ1) is 13.0. The van der Waals surface area contributed by atoms with E-state index in [2.05, 4.69) is 50.4 Å². The van der Waals surface area contributed by atoms with E-state index < -0.39 is 0 Å². The lowest BCUT2D eigenvalue weighted by Crippen LogP contribution is -2.23. The van der Waals surface area contributed by atoms with Gasteiger partial charge < -0.3 is 10.1 Å². The first-order valence-electron chi connectivity index (χ1n) is 6.02. The van der Waals surface area contributed by atoms with Crippen LogP contribution in [0.15, 0.2) is 24.3 Å².